The van der Waals surface area contributed by atoms with Crippen LogP contribution in [-0.2, 0) is 4.79 Å². The largest absolute Gasteiger partial charge is 0.354 e. The van der Waals surface area contributed by atoms with Crippen LogP contribution >= 0.6 is 0 Å². The lowest BCUT2D eigenvalue weighted by Crippen LogP contribution is -2.37. The second-order valence-electron chi connectivity index (χ2n) is 4.41. The summed E-state index contributed by atoms with van der Waals surface area (Å²) in [6.07, 6.45) is 6.70. The van der Waals surface area contributed by atoms with Crippen LogP contribution in [0.4, 0.5) is 0 Å². The molecule has 2 bridgehead atoms. The molecule has 2 fully saturated rings. The Morgan fingerprint density at radius 2 is 1.75 bits per heavy atom. The van der Waals surface area contributed by atoms with Gasteiger partial charge in [-0.2, -0.15) is 0 Å². The Hall–Kier alpha value is -0.530. The number of carbonyl (C=O) groups is 1. The van der Waals surface area contributed by atoms with Crippen LogP contribution in [0.2, 0.25) is 0 Å². The predicted octanol–water partition coefficient (Wildman–Crippen LogP) is 1.70. The molecule has 2 heteroatoms. The first-order valence-electron chi connectivity index (χ1n) is 5.01. The van der Waals surface area contributed by atoms with E-state index in [1.165, 1.54) is 32.1 Å². The second kappa shape index (κ2) is 3.08. The monoisotopic (exact) mass is 167 g/mol. The van der Waals surface area contributed by atoms with Gasteiger partial charge in [0.2, 0.25) is 5.91 Å². The molecule has 1 amide bonds. The number of carbonyl (C=O) groups excluding carboxylic acids is 1. The highest BCUT2D eigenvalue weighted by Crippen LogP contribution is 2.41. The van der Waals surface area contributed by atoms with Crippen LogP contribution in [0.3, 0.4) is 0 Å². The van der Waals surface area contributed by atoms with E-state index in [0.717, 1.165) is 11.8 Å². The Balaban J connectivity index is 1.89. The zero-order valence-corrected chi connectivity index (χ0v) is 7.68. The fourth-order valence-electron chi connectivity index (χ4n) is 2.91. The highest BCUT2D eigenvalue weighted by molar-refractivity contribution is 5.73. The number of fused-ring (bicyclic) bond motifs is 2. The Kier molecular flexibility index (Phi) is 2.07. The molecular formula is C10H17NO. The molecule has 2 rings (SSSR count). The van der Waals surface area contributed by atoms with E-state index in [1.807, 2.05) is 0 Å². The van der Waals surface area contributed by atoms with E-state index in [1.54, 1.807) is 6.92 Å². The Morgan fingerprint density at radius 3 is 2.25 bits per heavy atom. The van der Waals surface area contributed by atoms with Crippen molar-refractivity contribution < 1.29 is 4.79 Å². The van der Waals surface area contributed by atoms with E-state index < -0.39 is 0 Å². The topological polar surface area (TPSA) is 29.1 Å². The number of amides is 1. The Labute approximate surface area is 73.7 Å². The molecule has 2 saturated carbocycles. The molecule has 0 aromatic rings. The summed E-state index contributed by atoms with van der Waals surface area (Å²) in [5.41, 5.74) is 0. The smallest absolute Gasteiger partial charge is 0.217 e. The summed E-state index contributed by atoms with van der Waals surface area (Å²) in [5, 5.41) is 3.04. The summed E-state index contributed by atoms with van der Waals surface area (Å²) in [4.78, 5) is 10.8. The maximum Gasteiger partial charge on any atom is 0.217 e. The van der Waals surface area contributed by atoms with Crippen molar-refractivity contribution in [2.24, 2.45) is 11.8 Å². The van der Waals surface area contributed by atoms with Crippen LogP contribution in [0, 0.1) is 11.8 Å². The summed E-state index contributed by atoms with van der Waals surface area (Å²) in [5.74, 6) is 1.97. The molecule has 2 aliphatic carbocycles. The van der Waals surface area contributed by atoms with E-state index >= 15 is 0 Å². The van der Waals surface area contributed by atoms with Gasteiger partial charge < -0.3 is 5.32 Å². The molecule has 2 aliphatic rings. The minimum Gasteiger partial charge on any atom is -0.354 e. The molecule has 12 heavy (non-hydrogen) atoms. The van der Waals surface area contributed by atoms with Crippen molar-refractivity contribution in [1.82, 2.24) is 5.32 Å². The van der Waals surface area contributed by atoms with Crippen LogP contribution in [-0.4, -0.2) is 11.9 Å². The van der Waals surface area contributed by atoms with Gasteiger partial charge in [0.1, 0.15) is 0 Å². The lowest BCUT2D eigenvalue weighted by molar-refractivity contribution is -0.120. The van der Waals surface area contributed by atoms with E-state index in [-0.39, 0.29) is 5.91 Å². The molecular weight excluding hydrogens is 150 g/mol. The van der Waals surface area contributed by atoms with Crippen molar-refractivity contribution in [1.29, 1.82) is 0 Å². The fraction of sp³-hybridized carbons (Fsp3) is 0.900. The molecule has 0 spiro atoms. The summed E-state index contributed by atoms with van der Waals surface area (Å²) < 4.78 is 0. The average Bonchev–Trinajstić information content (AvgIpc) is 2.29. The Morgan fingerprint density at radius 1 is 1.17 bits per heavy atom. The van der Waals surface area contributed by atoms with Crippen LogP contribution in [0.1, 0.15) is 39.0 Å². The second-order valence-corrected chi connectivity index (χ2v) is 4.41. The van der Waals surface area contributed by atoms with Gasteiger partial charge in [-0.05, 0) is 31.1 Å². The van der Waals surface area contributed by atoms with E-state index in [2.05, 4.69) is 5.32 Å². The maximum absolute atomic E-state index is 10.8. The van der Waals surface area contributed by atoms with E-state index in [0.29, 0.717) is 6.04 Å². The lowest BCUT2D eigenvalue weighted by atomic mass is 9.85. The lowest BCUT2D eigenvalue weighted by Gasteiger charge is -2.27. The maximum atomic E-state index is 10.8. The fourth-order valence-corrected chi connectivity index (χ4v) is 2.91. The van der Waals surface area contributed by atoms with Crippen molar-refractivity contribution in [3.05, 3.63) is 0 Å². The van der Waals surface area contributed by atoms with Gasteiger partial charge in [-0.3, -0.25) is 4.79 Å². The van der Waals surface area contributed by atoms with Crippen molar-refractivity contribution >= 4 is 5.91 Å². The minimum atomic E-state index is 0.140. The van der Waals surface area contributed by atoms with Crippen LogP contribution < -0.4 is 5.32 Å². The predicted molar refractivity (Wildman–Crippen MR) is 47.7 cm³/mol. The number of hydrogen-bond donors (Lipinski definition) is 1. The summed E-state index contributed by atoms with van der Waals surface area (Å²) in [7, 11) is 0. The highest BCUT2D eigenvalue weighted by atomic mass is 16.1. The van der Waals surface area contributed by atoms with Crippen molar-refractivity contribution in [3.63, 3.8) is 0 Å². The van der Waals surface area contributed by atoms with Crippen LogP contribution in [0.5, 0.6) is 0 Å². The van der Waals surface area contributed by atoms with Crippen molar-refractivity contribution in [2.75, 3.05) is 0 Å². The third kappa shape index (κ3) is 1.62. The van der Waals surface area contributed by atoms with Gasteiger partial charge in [-0.1, -0.05) is 12.8 Å². The molecule has 2 nitrogen and oxygen atoms in total. The number of hydrogen-bond acceptors (Lipinski definition) is 1. The third-order valence-electron chi connectivity index (χ3n) is 3.29. The molecule has 0 aromatic carbocycles. The van der Waals surface area contributed by atoms with Gasteiger partial charge in [-0.25, -0.2) is 0 Å². The molecule has 0 radical (unpaired) electrons. The van der Waals surface area contributed by atoms with Gasteiger partial charge in [0, 0.05) is 13.0 Å². The van der Waals surface area contributed by atoms with E-state index in [4.69, 9.17) is 0 Å². The normalized spacial score (nSPS) is 39.6. The Bertz CT molecular complexity index is 178. The van der Waals surface area contributed by atoms with Gasteiger partial charge in [0.05, 0.1) is 0 Å². The molecule has 1 N–H and O–H groups in total. The SMILES string of the molecule is CC(=O)NC1CC2CCC(C2)C1. The third-order valence-corrected chi connectivity index (χ3v) is 3.29. The summed E-state index contributed by atoms with van der Waals surface area (Å²) in [6, 6.07) is 0.494. The van der Waals surface area contributed by atoms with Gasteiger partial charge in [0.25, 0.3) is 0 Å². The quantitative estimate of drug-likeness (QED) is 0.632. The minimum absolute atomic E-state index is 0.140. The zero-order valence-electron chi connectivity index (χ0n) is 7.68. The van der Waals surface area contributed by atoms with Crippen LogP contribution in [0.15, 0.2) is 0 Å². The zero-order chi connectivity index (χ0) is 8.55. The van der Waals surface area contributed by atoms with Crippen molar-refractivity contribution in [2.45, 2.75) is 45.1 Å². The highest BCUT2D eigenvalue weighted by Gasteiger charge is 2.34. The molecule has 2 unspecified atom stereocenters. The van der Waals surface area contributed by atoms with Crippen LogP contribution in [0.25, 0.3) is 0 Å². The molecule has 0 aliphatic heterocycles. The van der Waals surface area contributed by atoms with Crippen molar-refractivity contribution in [3.8, 4) is 0 Å². The first kappa shape index (κ1) is 8.09. The van der Waals surface area contributed by atoms with Gasteiger partial charge in [0.15, 0.2) is 0 Å². The van der Waals surface area contributed by atoms with Gasteiger partial charge >= 0.3 is 0 Å². The average molecular weight is 167 g/mol. The first-order valence-corrected chi connectivity index (χ1v) is 5.01. The molecule has 0 saturated heterocycles. The standard InChI is InChI=1S/C10H17NO/c1-7(12)11-10-5-8-2-3-9(4-8)6-10/h8-10H,2-6H2,1H3,(H,11,12). The molecule has 0 aromatic heterocycles. The summed E-state index contributed by atoms with van der Waals surface area (Å²) >= 11 is 0. The van der Waals surface area contributed by atoms with E-state index in [9.17, 15) is 4.79 Å². The molecule has 0 heterocycles. The molecule has 2 atom stereocenters. The van der Waals surface area contributed by atoms with Gasteiger partial charge in [-0.15, -0.1) is 0 Å². The number of rotatable bonds is 1. The molecule has 68 valence electrons. The number of nitrogens with one attached hydrogen (secondary N) is 1. The first-order chi connectivity index (χ1) is 5.74. The summed E-state index contributed by atoms with van der Waals surface area (Å²) in [6.45, 7) is 1.62.